The highest BCUT2D eigenvalue weighted by Crippen LogP contribution is 2.33. The molecule has 0 spiro atoms. The van der Waals surface area contributed by atoms with Crippen LogP contribution in [0.1, 0.15) is 16.3 Å². The lowest BCUT2D eigenvalue weighted by Crippen LogP contribution is -2.10. The summed E-state index contributed by atoms with van der Waals surface area (Å²) in [6.45, 7) is 4.13. The maximum Gasteiger partial charge on any atom is 0.183 e. The Morgan fingerprint density at radius 2 is 2.25 bits per heavy atom. The van der Waals surface area contributed by atoms with Gasteiger partial charge in [-0.15, -0.1) is 11.3 Å². The lowest BCUT2D eigenvalue weighted by molar-refractivity contribution is 0.967. The summed E-state index contributed by atoms with van der Waals surface area (Å²) in [5, 5.41) is 8.35. The third-order valence-corrected chi connectivity index (χ3v) is 4.92. The molecule has 3 heterocycles. The summed E-state index contributed by atoms with van der Waals surface area (Å²) in [6, 6.07) is 0. The number of thiophene rings is 1. The second-order valence-electron chi connectivity index (χ2n) is 4.18. The van der Waals surface area contributed by atoms with E-state index in [-0.39, 0.29) is 0 Å². The topological polar surface area (TPSA) is 105 Å². The molecule has 0 unspecified atom stereocenters. The van der Waals surface area contributed by atoms with E-state index >= 15 is 0 Å². The van der Waals surface area contributed by atoms with Gasteiger partial charge >= 0.3 is 0 Å². The highest BCUT2D eigenvalue weighted by Gasteiger charge is 2.14. The van der Waals surface area contributed by atoms with Crippen LogP contribution >= 0.6 is 23.1 Å². The van der Waals surface area contributed by atoms with Gasteiger partial charge in [0, 0.05) is 4.88 Å². The van der Waals surface area contributed by atoms with Crippen LogP contribution in [0.5, 0.6) is 0 Å². The smallest absolute Gasteiger partial charge is 0.183 e. The first-order chi connectivity index (χ1) is 9.69. The highest BCUT2D eigenvalue weighted by molar-refractivity contribution is 7.98. The molecule has 9 heteroatoms. The fraction of sp³-hybridized carbons (Fsp3) is 0.273. The summed E-state index contributed by atoms with van der Waals surface area (Å²) in [4.78, 5) is 15.3. The van der Waals surface area contributed by atoms with Crippen molar-refractivity contribution in [1.29, 1.82) is 0 Å². The predicted octanol–water partition coefficient (Wildman–Crippen LogP) is 2.00. The Morgan fingerprint density at radius 3 is 2.95 bits per heavy atom. The van der Waals surface area contributed by atoms with Gasteiger partial charge in [-0.2, -0.15) is 5.10 Å². The van der Waals surface area contributed by atoms with Crippen molar-refractivity contribution in [2.75, 3.05) is 5.43 Å². The van der Waals surface area contributed by atoms with Gasteiger partial charge in [-0.3, -0.25) is 5.10 Å². The van der Waals surface area contributed by atoms with Crippen LogP contribution in [0.2, 0.25) is 0 Å². The molecular formula is C11H13N7S2. The Hall–Kier alpha value is -1.71. The maximum absolute atomic E-state index is 5.58. The molecule has 0 aliphatic carbocycles. The molecular weight excluding hydrogens is 294 g/mol. The number of aromatic nitrogens is 5. The maximum atomic E-state index is 5.58. The van der Waals surface area contributed by atoms with Crippen molar-refractivity contribution in [3.63, 3.8) is 0 Å². The summed E-state index contributed by atoms with van der Waals surface area (Å²) in [7, 11) is 0. The molecule has 0 aliphatic rings. The standard InChI is InChI=1S/C11H13N7S2/c1-5-6(2)20-10-8(5)9(17-12)15-7(16-10)3-19-11-13-4-14-18-11/h4H,3,12H2,1-2H3,(H,13,14,18)(H,15,16,17). The Bertz CT molecular complexity index is 735. The first-order valence-corrected chi connectivity index (χ1v) is 7.70. The number of aryl methyl sites for hydroxylation is 2. The first-order valence-electron chi connectivity index (χ1n) is 5.90. The first kappa shape index (κ1) is 13.3. The molecule has 104 valence electrons. The van der Waals surface area contributed by atoms with Crippen LogP contribution in [0.3, 0.4) is 0 Å². The van der Waals surface area contributed by atoms with Gasteiger partial charge in [-0.25, -0.2) is 20.8 Å². The SMILES string of the molecule is Cc1sc2nc(CSc3ncn[nH]3)nc(NN)c2c1C. The van der Waals surface area contributed by atoms with Gasteiger partial charge in [0.2, 0.25) is 0 Å². The second-order valence-corrected chi connectivity index (χ2v) is 6.34. The molecule has 3 aromatic rings. The molecule has 0 bridgehead atoms. The molecule has 0 aromatic carbocycles. The van der Waals surface area contributed by atoms with Crippen LogP contribution in [-0.4, -0.2) is 25.1 Å². The molecule has 0 saturated heterocycles. The van der Waals surface area contributed by atoms with Gasteiger partial charge < -0.3 is 5.43 Å². The Balaban J connectivity index is 1.96. The monoisotopic (exact) mass is 307 g/mol. The highest BCUT2D eigenvalue weighted by atomic mass is 32.2. The van der Waals surface area contributed by atoms with Gasteiger partial charge in [0.15, 0.2) is 11.0 Å². The van der Waals surface area contributed by atoms with Crippen molar-refractivity contribution < 1.29 is 0 Å². The summed E-state index contributed by atoms with van der Waals surface area (Å²) in [5.74, 6) is 7.58. The number of fused-ring (bicyclic) bond motifs is 1. The number of hydrogen-bond acceptors (Lipinski definition) is 8. The number of nitrogens with two attached hydrogens (primary N) is 1. The van der Waals surface area contributed by atoms with E-state index in [0.717, 1.165) is 15.4 Å². The number of nitrogen functional groups attached to an aromatic ring is 1. The molecule has 0 amide bonds. The van der Waals surface area contributed by atoms with Gasteiger partial charge in [-0.05, 0) is 19.4 Å². The van der Waals surface area contributed by atoms with E-state index in [1.165, 1.54) is 28.5 Å². The number of rotatable bonds is 4. The van der Waals surface area contributed by atoms with Crippen molar-refractivity contribution in [1.82, 2.24) is 25.1 Å². The molecule has 0 radical (unpaired) electrons. The molecule has 0 aliphatic heterocycles. The van der Waals surface area contributed by atoms with E-state index in [4.69, 9.17) is 5.84 Å². The molecule has 3 aromatic heterocycles. The number of hydrazine groups is 1. The van der Waals surface area contributed by atoms with Crippen molar-refractivity contribution in [3.8, 4) is 0 Å². The Kier molecular flexibility index (Phi) is 3.55. The minimum atomic E-state index is 0.607. The fourth-order valence-electron chi connectivity index (χ4n) is 1.86. The van der Waals surface area contributed by atoms with E-state index in [9.17, 15) is 0 Å². The van der Waals surface area contributed by atoms with E-state index in [0.29, 0.717) is 17.4 Å². The lowest BCUT2D eigenvalue weighted by Gasteiger charge is -2.05. The third-order valence-electron chi connectivity index (χ3n) is 2.94. The summed E-state index contributed by atoms with van der Waals surface area (Å²) in [6.07, 6.45) is 1.48. The van der Waals surface area contributed by atoms with Gasteiger partial charge in [-0.1, -0.05) is 11.8 Å². The average molecular weight is 307 g/mol. The Morgan fingerprint density at radius 1 is 1.40 bits per heavy atom. The van der Waals surface area contributed by atoms with Crippen molar-refractivity contribution in [3.05, 3.63) is 22.6 Å². The summed E-state index contributed by atoms with van der Waals surface area (Å²) < 4.78 is 0. The molecule has 4 N–H and O–H groups in total. The van der Waals surface area contributed by atoms with E-state index in [1.54, 1.807) is 11.3 Å². The van der Waals surface area contributed by atoms with E-state index in [1.807, 2.05) is 0 Å². The normalized spacial score (nSPS) is 11.2. The van der Waals surface area contributed by atoms with Crippen LogP contribution in [0.25, 0.3) is 10.2 Å². The molecule has 0 saturated carbocycles. The summed E-state index contributed by atoms with van der Waals surface area (Å²) in [5.41, 5.74) is 3.84. The molecule has 0 fully saturated rings. The largest absolute Gasteiger partial charge is 0.308 e. The van der Waals surface area contributed by atoms with Crippen LogP contribution in [-0.2, 0) is 5.75 Å². The second kappa shape index (κ2) is 5.35. The number of hydrogen-bond donors (Lipinski definition) is 3. The summed E-state index contributed by atoms with van der Waals surface area (Å²) >= 11 is 3.15. The number of anilines is 1. The van der Waals surface area contributed by atoms with Crippen molar-refractivity contribution in [2.24, 2.45) is 5.84 Å². The lowest BCUT2D eigenvalue weighted by atomic mass is 10.2. The molecule has 7 nitrogen and oxygen atoms in total. The quantitative estimate of drug-likeness (QED) is 0.384. The zero-order valence-corrected chi connectivity index (χ0v) is 12.6. The number of aromatic amines is 1. The van der Waals surface area contributed by atoms with Gasteiger partial charge in [0.25, 0.3) is 0 Å². The molecule has 20 heavy (non-hydrogen) atoms. The average Bonchev–Trinajstić information content (AvgIpc) is 3.05. The van der Waals surface area contributed by atoms with Crippen LogP contribution in [0, 0.1) is 13.8 Å². The van der Waals surface area contributed by atoms with E-state index < -0.39 is 0 Å². The van der Waals surface area contributed by atoms with Crippen LogP contribution < -0.4 is 11.3 Å². The third kappa shape index (κ3) is 2.35. The Labute approximate surface area is 123 Å². The van der Waals surface area contributed by atoms with Gasteiger partial charge in [0.1, 0.15) is 17.0 Å². The molecule has 3 rings (SSSR count). The van der Waals surface area contributed by atoms with Crippen LogP contribution in [0.15, 0.2) is 11.5 Å². The van der Waals surface area contributed by atoms with E-state index in [2.05, 4.69) is 44.4 Å². The number of thioether (sulfide) groups is 1. The molecule has 0 atom stereocenters. The minimum absolute atomic E-state index is 0.607. The number of nitrogens with one attached hydrogen (secondary N) is 2. The van der Waals surface area contributed by atoms with Crippen molar-refractivity contribution >= 4 is 39.1 Å². The van der Waals surface area contributed by atoms with Crippen molar-refractivity contribution in [2.45, 2.75) is 24.8 Å². The zero-order chi connectivity index (χ0) is 14.1. The van der Waals surface area contributed by atoms with Crippen LogP contribution in [0.4, 0.5) is 5.82 Å². The fourth-order valence-corrected chi connectivity index (χ4v) is 3.54. The zero-order valence-electron chi connectivity index (χ0n) is 11.0. The number of nitrogens with zero attached hydrogens (tertiary/aromatic N) is 4. The number of H-pyrrole nitrogens is 1. The van der Waals surface area contributed by atoms with Gasteiger partial charge in [0.05, 0.1) is 11.1 Å². The predicted molar refractivity (Wildman–Crippen MR) is 80.6 cm³/mol. The minimum Gasteiger partial charge on any atom is -0.308 e.